The number of hydrogen-bond donors (Lipinski definition) is 1. The minimum atomic E-state index is -0.187. The van der Waals surface area contributed by atoms with Gasteiger partial charge in [-0.1, -0.05) is 20.3 Å². The molecule has 4 atom stereocenters. The third kappa shape index (κ3) is 3.49. The van der Waals surface area contributed by atoms with Gasteiger partial charge in [-0.15, -0.1) is 0 Å². The molecule has 1 fully saturated rings. The number of carbonyl (C=O) groups excluding carboxylic acids is 1. The van der Waals surface area contributed by atoms with Gasteiger partial charge in [0.25, 0.3) is 0 Å². The fourth-order valence-corrected chi connectivity index (χ4v) is 2.33. The molecule has 4 unspecified atom stereocenters. The second-order valence-corrected chi connectivity index (χ2v) is 4.91. The van der Waals surface area contributed by atoms with Gasteiger partial charge in [-0.3, -0.25) is 4.79 Å². The van der Waals surface area contributed by atoms with E-state index in [1.54, 1.807) is 0 Å². The normalized spacial score (nSPS) is 33.5. The van der Waals surface area contributed by atoms with Crippen LogP contribution in [0.25, 0.3) is 0 Å². The number of rotatable bonds is 3. The van der Waals surface area contributed by atoms with Crippen molar-refractivity contribution in [3.63, 3.8) is 0 Å². The van der Waals surface area contributed by atoms with E-state index in [0.29, 0.717) is 12.0 Å². The molecule has 1 rings (SSSR count). The molecule has 0 aromatic heterocycles. The molecule has 3 nitrogen and oxygen atoms in total. The zero-order valence-electron chi connectivity index (χ0n) is 10.2. The summed E-state index contributed by atoms with van der Waals surface area (Å²) in [5, 5.41) is 3.38. The average Bonchev–Trinajstić information content (AvgIpc) is 2.22. The first kappa shape index (κ1) is 12.5. The van der Waals surface area contributed by atoms with Crippen molar-refractivity contribution in [3.8, 4) is 0 Å². The molecule has 1 N–H and O–H groups in total. The van der Waals surface area contributed by atoms with E-state index in [2.05, 4.69) is 19.2 Å². The van der Waals surface area contributed by atoms with E-state index < -0.39 is 0 Å². The van der Waals surface area contributed by atoms with Crippen LogP contribution in [0.1, 0.15) is 40.0 Å². The van der Waals surface area contributed by atoms with E-state index in [9.17, 15) is 4.79 Å². The molecule has 0 aromatic carbocycles. The molecule has 0 saturated heterocycles. The topological polar surface area (TPSA) is 38.3 Å². The molecule has 0 amide bonds. The first-order valence-corrected chi connectivity index (χ1v) is 5.88. The molecule has 0 bridgehead atoms. The summed E-state index contributed by atoms with van der Waals surface area (Å²) in [5.74, 6) is 1.26. The Labute approximate surface area is 92.6 Å². The van der Waals surface area contributed by atoms with Crippen LogP contribution in [-0.4, -0.2) is 25.2 Å². The predicted octanol–water partition coefficient (Wildman–Crippen LogP) is 1.96. The van der Waals surface area contributed by atoms with Gasteiger partial charge in [0.15, 0.2) is 0 Å². The monoisotopic (exact) mass is 213 g/mol. The number of methoxy groups -OCH3 is 1. The number of hydrogen-bond acceptors (Lipinski definition) is 3. The molecule has 0 spiro atoms. The zero-order chi connectivity index (χ0) is 11.4. The molecule has 0 radical (unpaired) electrons. The quantitative estimate of drug-likeness (QED) is 0.728. The van der Waals surface area contributed by atoms with Gasteiger partial charge in [-0.05, 0) is 31.6 Å². The van der Waals surface area contributed by atoms with Gasteiger partial charge in [-0.2, -0.15) is 0 Å². The lowest BCUT2D eigenvalue weighted by atomic mass is 9.80. The van der Waals surface area contributed by atoms with E-state index in [1.807, 2.05) is 6.92 Å². The third-order valence-corrected chi connectivity index (χ3v) is 3.48. The van der Waals surface area contributed by atoms with Gasteiger partial charge in [-0.25, -0.2) is 0 Å². The summed E-state index contributed by atoms with van der Waals surface area (Å²) in [6, 6.07) is 0.274. The van der Waals surface area contributed by atoms with E-state index in [0.717, 1.165) is 5.92 Å². The van der Waals surface area contributed by atoms with Crippen LogP contribution in [0, 0.1) is 11.8 Å². The Bertz CT molecular complexity index is 218. The minimum absolute atomic E-state index is 0.166. The summed E-state index contributed by atoms with van der Waals surface area (Å²) in [5.41, 5.74) is 0. The smallest absolute Gasteiger partial charge is 0.322 e. The van der Waals surface area contributed by atoms with Crippen molar-refractivity contribution in [1.82, 2.24) is 5.32 Å². The second-order valence-electron chi connectivity index (χ2n) is 4.91. The van der Waals surface area contributed by atoms with Gasteiger partial charge < -0.3 is 10.1 Å². The van der Waals surface area contributed by atoms with Gasteiger partial charge in [0.1, 0.15) is 6.04 Å². The van der Waals surface area contributed by atoms with Gasteiger partial charge in [0, 0.05) is 6.04 Å². The van der Waals surface area contributed by atoms with E-state index >= 15 is 0 Å². The maximum absolute atomic E-state index is 11.3. The lowest BCUT2D eigenvalue weighted by Gasteiger charge is -2.34. The van der Waals surface area contributed by atoms with E-state index in [1.165, 1.54) is 26.4 Å². The fourth-order valence-electron chi connectivity index (χ4n) is 2.33. The molecular weight excluding hydrogens is 190 g/mol. The van der Waals surface area contributed by atoms with E-state index in [-0.39, 0.29) is 12.0 Å². The highest BCUT2D eigenvalue weighted by molar-refractivity contribution is 5.75. The zero-order valence-corrected chi connectivity index (χ0v) is 10.2. The molecule has 1 aliphatic carbocycles. The van der Waals surface area contributed by atoms with Crippen molar-refractivity contribution in [2.24, 2.45) is 11.8 Å². The van der Waals surface area contributed by atoms with Crippen LogP contribution in [0.2, 0.25) is 0 Å². The highest BCUT2D eigenvalue weighted by Gasteiger charge is 2.28. The predicted molar refractivity (Wildman–Crippen MR) is 60.6 cm³/mol. The van der Waals surface area contributed by atoms with Crippen LogP contribution < -0.4 is 5.32 Å². The maximum Gasteiger partial charge on any atom is 0.322 e. The van der Waals surface area contributed by atoms with Crippen LogP contribution in [-0.2, 0) is 9.53 Å². The standard InChI is InChI=1S/C12H23NO2/c1-8-5-6-9(2)11(7-8)13-10(3)12(14)15-4/h8-11,13H,5-7H2,1-4H3. The SMILES string of the molecule is COC(=O)C(C)NC1CC(C)CCC1C. The Kier molecular flexibility index (Phi) is 4.58. The van der Waals surface area contributed by atoms with Crippen molar-refractivity contribution in [3.05, 3.63) is 0 Å². The molecule has 88 valence electrons. The Morgan fingerprint density at radius 2 is 2.07 bits per heavy atom. The number of nitrogens with one attached hydrogen (secondary N) is 1. The summed E-state index contributed by atoms with van der Waals surface area (Å²) in [7, 11) is 1.44. The number of esters is 1. The first-order chi connectivity index (χ1) is 7.04. The summed E-state index contributed by atoms with van der Waals surface area (Å²) in [4.78, 5) is 11.3. The average molecular weight is 213 g/mol. The largest absolute Gasteiger partial charge is 0.468 e. The van der Waals surface area contributed by atoms with Crippen LogP contribution in [0.5, 0.6) is 0 Å². The number of carbonyl (C=O) groups is 1. The molecule has 0 aromatic rings. The lowest BCUT2D eigenvalue weighted by molar-refractivity contribution is -0.143. The Balaban J connectivity index is 2.45. The van der Waals surface area contributed by atoms with Crippen molar-refractivity contribution in [2.45, 2.75) is 52.1 Å². The van der Waals surface area contributed by atoms with Crippen molar-refractivity contribution < 1.29 is 9.53 Å². The highest BCUT2D eigenvalue weighted by atomic mass is 16.5. The van der Waals surface area contributed by atoms with Crippen LogP contribution in [0.3, 0.4) is 0 Å². The van der Waals surface area contributed by atoms with Crippen molar-refractivity contribution in [2.75, 3.05) is 7.11 Å². The molecule has 3 heteroatoms. The lowest BCUT2D eigenvalue weighted by Crippen LogP contribution is -2.47. The molecule has 15 heavy (non-hydrogen) atoms. The summed E-state index contributed by atoms with van der Waals surface area (Å²) >= 11 is 0. The van der Waals surface area contributed by atoms with Gasteiger partial charge in [0.05, 0.1) is 7.11 Å². The van der Waals surface area contributed by atoms with Crippen molar-refractivity contribution in [1.29, 1.82) is 0 Å². The molecule has 0 aliphatic heterocycles. The second kappa shape index (κ2) is 5.50. The Morgan fingerprint density at radius 1 is 1.40 bits per heavy atom. The van der Waals surface area contributed by atoms with Gasteiger partial charge >= 0.3 is 5.97 Å². The fraction of sp³-hybridized carbons (Fsp3) is 0.917. The minimum Gasteiger partial charge on any atom is -0.468 e. The molecular formula is C12H23NO2. The molecule has 1 aliphatic rings. The Morgan fingerprint density at radius 3 is 2.67 bits per heavy atom. The number of ether oxygens (including phenoxy) is 1. The Hall–Kier alpha value is -0.570. The summed E-state index contributed by atoms with van der Waals surface area (Å²) in [6.07, 6.45) is 3.74. The van der Waals surface area contributed by atoms with Crippen LogP contribution in [0.4, 0.5) is 0 Å². The van der Waals surface area contributed by atoms with E-state index in [4.69, 9.17) is 4.74 Å². The summed E-state index contributed by atoms with van der Waals surface area (Å²) in [6.45, 7) is 6.41. The van der Waals surface area contributed by atoms with Crippen molar-refractivity contribution >= 4 is 5.97 Å². The molecule has 0 heterocycles. The first-order valence-electron chi connectivity index (χ1n) is 5.88. The van der Waals surface area contributed by atoms with Gasteiger partial charge in [0.2, 0.25) is 0 Å². The maximum atomic E-state index is 11.3. The highest BCUT2D eigenvalue weighted by Crippen LogP contribution is 2.28. The third-order valence-electron chi connectivity index (χ3n) is 3.48. The molecule has 1 saturated carbocycles. The van der Waals surface area contributed by atoms with Crippen LogP contribution in [0.15, 0.2) is 0 Å². The summed E-state index contributed by atoms with van der Waals surface area (Å²) < 4.78 is 4.71. The van der Waals surface area contributed by atoms with Crippen LogP contribution >= 0.6 is 0 Å².